The van der Waals surface area contributed by atoms with Crippen molar-refractivity contribution in [3.05, 3.63) is 49.8 Å². The maximum absolute atomic E-state index is 12.3. The minimum absolute atomic E-state index is 0.328. The first-order valence-corrected chi connectivity index (χ1v) is 11.7. The lowest BCUT2D eigenvalue weighted by molar-refractivity contribution is 0.0601. The Morgan fingerprint density at radius 2 is 1.97 bits per heavy atom. The molecule has 2 heterocycles. The molecule has 1 aliphatic heterocycles. The SMILES string of the molecule is CCc1c(C)sc(NC(=S)N2CCN(Cc3ccc(Cl)cc3Cl)CC2)c1C(=O)OC. The summed E-state index contributed by atoms with van der Waals surface area (Å²) in [6, 6.07) is 5.62. The molecule has 1 saturated heterocycles. The number of ether oxygens (including phenoxy) is 1. The van der Waals surface area contributed by atoms with Gasteiger partial charge in [-0.2, -0.15) is 0 Å². The van der Waals surface area contributed by atoms with Crippen LogP contribution >= 0.6 is 46.8 Å². The summed E-state index contributed by atoms with van der Waals surface area (Å²) >= 11 is 19.5. The Labute approximate surface area is 196 Å². The molecule has 0 atom stereocenters. The number of methoxy groups -OCH3 is 1. The van der Waals surface area contributed by atoms with Gasteiger partial charge in [-0.15, -0.1) is 11.3 Å². The lowest BCUT2D eigenvalue weighted by Crippen LogP contribution is -2.49. The van der Waals surface area contributed by atoms with Gasteiger partial charge in [0, 0.05) is 47.6 Å². The van der Waals surface area contributed by atoms with E-state index in [-0.39, 0.29) is 5.97 Å². The normalized spacial score (nSPS) is 14.6. The second-order valence-corrected chi connectivity index (χ2v) is 9.57. The van der Waals surface area contributed by atoms with Crippen LogP contribution in [0.15, 0.2) is 18.2 Å². The third-order valence-electron chi connectivity index (χ3n) is 5.24. The maximum atomic E-state index is 12.3. The van der Waals surface area contributed by atoms with Crippen LogP contribution in [0.5, 0.6) is 0 Å². The van der Waals surface area contributed by atoms with Gasteiger partial charge in [-0.25, -0.2) is 4.79 Å². The molecule has 0 spiro atoms. The Morgan fingerprint density at radius 1 is 1.27 bits per heavy atom. The van der Waals surface area contributed by atoms with Gasteiger partial charge in [0.25, 0.3) is 0 Å². The molecule has 0 radical (unpaired) electrons. The number of esters is 1. The van der Waals surface area contributed by atoms with Gasteiger partial charge >= 0.3 is 5.97 Å². The fourth-order valence-corrected chi connectivity index (χ4v) is 5.54. The largest absolute Gasteiger partial charge is 0.465 e. The number of thiocarbonyl (C=S) groups is 1. The average molecular weight is 486 g/mol. The highest BCUT2D eigenvalue weighted by molar-refractivity contribution is 7.80. The van der Waals surface area contributed by atoms with E-state index in [4.69, 9.17) is 40.2 Å². The van der Waals surface area contributed by atoms with Crippen LogP contribution in [0, 0.1) is 6.92 Å². The molecule has 0 saturated carbocycles. The van der Waals surface area contributed by atoms with Crippen molar-refractivity contribution in [2.24, 2.45) is 0 Å². The molecule has 9 heteroatoms. The molecule has 1 N–H and O–H groups in total. The predicted octanol–water partition coefficient (Wildman–Crippen LogP) is 5.23. The molecule has 5 nitrogen and oxygen atoms in total. The first-order chi connectivity index (χ1) is 14.3. The molecule has 0 aliphatic carbocycles. The molecular formula is C21H25Cl2N3O2S2. The number of piperazine rings is 1. The fourth-order valence-electron chi connectivity index (χ4n) is 3.59. The van der Waals surface area contributed by atoms with Crippen molar-refractivity contribution in [2.45, 2.75) is 26.8 Å². The minimum Gasteiger partial charge on any atom is -0.465 e. The van der Waals surface area contributed by atoms with E-state index in [1.807, 2.05) is 26.0 Å². The van der Waals surface area contributed by atoms with Gasteiger partial charge in [-0.05, 0) is 48.8 Å². The molecule has 0 bridgehead atoms. The molecule has 0 unspecified atom stereocenters. The third-order valence-corrected chi connectivity index (χ3v) is 7.25. The Kier molecular flexibility index (Phi) is 7.98. The number of nitrogens with one attached hydrogen (secondary N) is 1. The van der Waals surface area contributed by atoms with Gasteiger partial charge in [-0.1, -0.05) is 36.2 Å². The number of carbonyl (C=O) groups excluding carboxylic acids is 1. The van der Waals surface area contributed by atoms with Gasteiger partial charge in [0.1, 0.15) is 5.00 Å². The number of hydrogen-bond donors (Lipinski definition) is 1. The van der Waals surface area contributed by atoms with E-state index in [9.17, 15) is 4.79 Å². The molecule has 0 amide bonds. The highest BCUT2D eigenvalue weighted by atomic mass is 35.5. The van der Waals surface area contributed by atoms with E-state index >= 15 is 0 Å². The minimum atomic E-state index is -0.328. The number of hydrogen-bond acceptors (Lipinski definition) is 5. The van der Waals surface area contributed by atoms with E-state index in [0.29, 0.717) is 20.7 Å². The van der Waals surface area contributed by atoms with Crippen molar-refractivity contribution in [1.82, 2.24) is 9.80 Å². The lowest BCUT2D eigenvalue weighted by atomic mass is 10.1. The summed E-state index contributed by atoms with van der Waals surface area (Å²) in [7, 11) is 1.41. The van der Waals surface area contributed by atoms with Gasteiger partial charge in [-0.3, -0.25) is 4.90 Å². The van der Waals surface area contributed by atoms with Crippen molar-refractivity contribution in [3.8, 4) is 0 Å². The summed E-state index contributed by atoms with van der Waals surface area (Å²) in [5, 5.41) is 6.02. The molecule has 1 aromatic heterocycles. The van der Waals surface area contributed by atoms with E-state index in [0.717, 1.165) is 60.1 Å². The molecule has 1 fully saturated rings. The topological polar surface area (TPSA) is 44.8 Å². The van der Waals surface area contributed by atoms with E-state index in [2.05, 4.69) is 15.1 Å². The zero-order valence-electron chi connectivity index (χ0n) is 17.3. The Balaban J connectivity index is 1.61. The summed E-state index contributed by atoms with van der Waals surface area (Å²) in [6.07, 6.45) is 0.771. The summed E-state index contributed by atoms with van der Waals surface area (Å²) in [5.41, 5.74) is 2.68. The van der Waals surface area contributed by atoms with E-state index in [1.165, 1.54) is 7.11 Å². The average Bonchev–Trinajstić information content (AvgIpc) is 3.04. The standard InChI is InChI=1S/C21H25Cl2N3O2S2/c1-4-16-13(2)30-19(18(16)20(27)28-3)24-21(29)26-9-7-25(8-10-26)12-14-5-6-15(22)11-17(14)23/h5-6,11H,4,7-10,12H2,1-3H3,(H,24,29). The zero-order valence-corrected chi connectivity index (χ0v) is 20.4. The van der Waals surface area contributed by atoms with E-state index in [1.54, 1.807) is 17.4 Å². The Morgan fingerprint density at radius 3 is 2.57 bits per heavy atom. The second-order valence-electron chi connectivity index (χ2n) is 7.12. The van der Waals surface area contributed by atoms with Gasteiger partial charge in [0.05, 0.1) is 12.7 Å². The second kappa shape index (κ2) is 10.3. The first kappa shape index (κ1) is 23.3. The summed E-state index contributed by atoms with van der Waals surface area (Å²) in [5.74, 6) is -0.328. The van der Waals surface area contributed by atoms with Crippen molar-refractivity contribution in [1.29, 1.82) is 0 Å². The predicted molar refractivity (Wildman–Crippen MR) is 129 cm³/mol. The maximum Gasteiger partial charge on any atom is 0.341 e. The number of thiophene rings is 1. The number of anilines is 1. The molecule has 2 aromatic rings. The molecule has 162 valence electrons. The van der Waals surface area contributed by atoms with Gasteiger partial charge in [0.2, 0.25) is 0 Å². The first-order valence-electron chi connectivity index (χ1n) is 9.76. The number of carbonyl (C=O) groups is 1. The molecule has 30 heavy (non-hydrogen) atoms. The van der Waals surface area contributed by atoms with Crippen molar-refractivity contribution >= 4 is 62.8 Å². The van der Waals surface area contributed by atoms with Crippen molar-refractivity contribution < 1.29 is 9.53 Å². The number of rotatable bonds is 5. The molecular weight excluding hydrogens is 461 g/mol. The highest BCUT2D eigenvalue weighted by Crippen LogP contribution is 2.34. The van der Waals surface area contributed by atoms with Gasteiger partial charge in [0.15, 0.2) is 5.11 Å². The van der Waals surface area contributed by atoms with Crippen LogP contribution in [0.4, 0.5) is 5.00 Å². The number of benzene rings is 1. The number of nitrogens with zero attached hydrogens (tertiary/aromatic N) is 2. The van der Waals surface area contributed by atoms with Crippen LogP contribution in [0.1, 0.15) is 33.3 Å². The number of halogens is 2. The fraction of sp³-hybridized carbons (Fsp3) is 0.429. The van der Waals surface area contributed by atoms with Crippen LogP contribution in [-0.4, -0.2) is 54.2 Å². The number of aryl methyl sites for hydroxylation is 1. The summed E-state index contributed by atoms with van der Waals surface area (Å²) in [6.45, 7) is 8.18. The summed E-state index contributed by atoms with van der Waals surface area (Å²) in [4.78, 5) is 17.9. The van der Waals surface area contributed by atoms with Crippen LogP contribution < -0.4 is 5.32 Å². The molecule has 1 aliphatic rings. The van der Waals surface area contributed by atoms with Crippen LogP contribution in [0.2, 0.25) is 10.0 Å². The van der Waals surface area contributed by atoms with Crippen molar-refractivity contribution in [2.75, 3.05) is 38.6 Å². The highest BCUT2D eigenvalue weighted by Gasteiger charge is 2.25. The smallest absolute Gasteiger partial charge is 0.341 e. The summed E-state index contributed by atoms with van der Waals surface area (Å²) < 4.78 is 4.99. The van der Waals surface area contributed by atoms with Crippen LogP contribution in [0.3, 0.4) is 0 Å². The van der Waals surface area contributed by atoms with Crippen LogP contribution in [0.25, 0.3) is 0 Å². The third kappa shape index (κ3) is 5.26. The molecule has 3 rings (SSSR count). The van der Waals surface area contributed by atoms with E-state index < -0.39 is 0 Å². The van der Waals surface area contributed by atoms with Crippen molar-refractivity contribution in [3.63, 3.8) is 0 Å². The lowest BCUT2D eigenvalue weighted by Gasteiger charge is -2.36. The monoisotopic (exact) mass is 485 g/mol. The van der Waals surface area contributed by atoms with Crippen LogP contribution in [-0.2, 0) is 17.7 Å². The zero-order chi connectivity index (χ0) is 21.8. The quantitative estimate of drug-likeness (QED) is 0.462. The van der Waals surface area contributed by atoms with Gasteiger partial charge < -0.3 is 15.0 Å². The Hall–Kier alpha value is -1.38. The molecule has 1 aromatic carbocycles. The Bertz CT molecular complexity index is 941.